The van der Waals surface area contributed by atoms with Crippen molar-refractivity contribution < 1.29 is 0 Å². The standard InChI is InChI=1S/C6H6N2O.C2H6/c1-2-5-6(9)8-4-3-7-5;1-2/h2-4H,1H2,(H,8,9);1-2H3. The Morgan fingerprint density at radius 1 is 1.64 bits per heavy atom. The van der Waals surface area contributed by atoms with Crippen LogP contribution in [0.4, 0.5) is 0 Å². The summed E-state index contributed by atoms with van der Waals surface area (Å²) in [6.45, 7) is 7.41. The quantitative estimate of drug-likeness (QED) is 0.661. The summed E-state index contributed by atoms with van der Waals surface area (Å²) in [6, 6.07) is 0. The number of aromatic nitrogens is 2. The lowest BCUT2D eigenvalue weighted by Gasteiger charge is -1.84. The maximum absolute atomic E-state index is 10.7. The second-order valence-electron chi connectivity index (χ2n) is 1.51. The molecule has 0 aliphatic carbocycles. The van der Waals surface area contributed by atoms with Gasteiger partial charge in [-0.15, -0.1) is 0 Å². The zero-order valence-corrected chi connectivity index (χ0v) is 6.79. The topological polar surface area (TPSA) is 45.8 Å². The first-order valence-corrected chi connectivity index (χ1v) is 3.50. The molecule has 0 fully saturated rings. The van der Waals surface area contributed by atoms with Crippen LogP contribution in [-0.2, 0) is 0 Å². The monoisotopic (exact) mass is 152 g/mol. The number of nitrogens with zero attached hydrogens (tertiary/aromatic N) is 1. The Bertz CT molecular complexity index is 265. The Labute approximate surface area is 65.8 Å². The second-order valence-corrected chi connectivity index (χ2v) is 1.51. The molecule has 0 aliphatic rings. The molecule has 0 spiro atoms. The summed E-state index contributed by atoms with van der Waals surface area (Å²) in [5.74, 6) is 0. The molecule has 11 heavy (non-hydrogen) atoms. The van der Waals surface area contributed by atoms with E-state index in [-0.39, 0.29) is 5.56 Å². The van der Waals surface area contributed by atoms with Crippen molar-refractivity contribution in [1.82, 2.24) is 9.97 Å². The fraction of sp³-hybridized carbons (Fsp3) is 0.250. The number of hydrogen-bond donors (Lipinski definition) is 1. The van der Waals surface area contributed by atoms with Gasteiger partial charge in [-0.1, -0.05) is 20.4 Å². The third-order valence-electron chi connectivity index (χ3n) is 0.929. The highest BCUT2D eigenvalue weighted by Crippen LogP contribution is 1.81. The van der Waals surface area contributed by atoms with E-state index < -0.39 is 0 Å². The van der Waals surface area contributed by atoms with Crippen molar-refractivity contribution in [3.8, 4) is 0 Å². The normalized spacial score (nSPS) is 7.82. The van der Waals surface area contributed by atoms with Crippen LogP contribution in [0.5, 0.6) is 0 Å². The smallest absolute Gasteiger partial charge is 0.273 e. The molecule has 0 aliphatic heterocycles. The van der Waals surface area contributed by atoms with Gasteiger partial charge in [0.25, 0.3) is 5.56 Å². The molecule has 0 atom stereocenters. The van der Waals surface area contributed by atoms with Crippen molar-refractivity contribution in [3.63, 3.8) is 0 Å². The van der Waals surface area contributed by atoms with Crippen molar-refractivity contribution in [2.24, 2.45) is 0 Å². The van der Waals surface area contributed by atoms with Crippen LogP contribution < -0.4 is 5.56 Å². The van der Waals surface area contributed by atoms with Gasteiger partial charge >= 0.3 is 0 Å². The van der Waals surface area contributed by atoms with E-state index in [1.54, 1.807) is 0 Å². The summed E-state index contributed by atoms with van der Waals surface area (Å²) in [6.07, 6.45) is 4.41. The molecule has 0 saturated carbocycles. The predicted octanol–water partition coefficient (Wildman–Crippen LogP) is 1.44. The minimum atomic E-state index is -0.201. The molecule has 3 nitrogen and oxygen atoms in total. The summed E-state index contributed by atoms with van der Waals surface area (Å²) in [7, 11) is 0. The number of H-pyrrole nitrogens is 1. The van der Waals surface area contributed by atoms with E-state index in [4.69, 9.17) is 0 Å². The van der Waals surface area contributed by atoms with Gasteiger partial charge in [-0.05, 0) is 6.08 Å². The average Bonchev–Trinajstić information content (AvgIpc) is 2.09. The molecular weight excluding hydrogens is 140 g/mol. The maximum Gasteiger partial charge on any atom is 0.273 e. The van der Waals surface area contributed by atoms with Crippen LogP contribution in [0.25, 0.3) is 6.08 Å². The van der Waals surface area contributed by atoms with E-state index in [1.165, 1.54) is 18.5 Å². The molecule has 0 bridgehead atoms. The number of rotatable bonds is 1. The molecule has 60 valence electrons. The molecule has 1 aromatic heterocycles. The molecule has 0 saturated heterocycles. The van der Waals surface area contributed by atoms with Crippen molar-refractivity contribution in [3.05, 3.63) is 35.0 Å². The molecule has 0 amide bonds. The summed E-state index contributed by atoms with van der Waals surface area (Å²) in [5.41, 5.74) is 0.157. The van der Waals surface area contributed by atoms with Crippen LogP contribution in [0.3, 0.4) is 0 Å². The number of hydrogen-bond acceptors (Lipinski definition) is 2. The molecule has 0 aromatic carbocycles. The van der Waals surface area contributed by atoms with E-state index in [1.807, 2.05) is 13.8 Å². The van der Waals surface area contributed by atoms with Gasteiger partial charge in [0.05, 0.1) is 0 Å². The number of aromatic amines is 1. The van der Waals surface area contributed by atoms with Crippen molar-refractivity contribution in [2.45, 2.75) is 13.8 Å². The Balaban J connectivity index is 0.000000461. The largest absolute Gasteiger partial charge is 0.326 e. The van der Waals surface area contributed by atoms with Gasteiger partial charge in [0.15, 0.2) is 0 Å². The van der Waals surface area contributed by atoms with E-state index >= 15 is 0 Å². The SMILES string of the molecule is C=Cc1ncc[nH]c1=O.CC. The van der Waals surface area contributed by atoms with Gasteiger partial charge in [-0.3, -0.25) is 4.79 Å². The minimum Gasteiger partial charge on any atom is -0.326 e. The van der Waals surface area contributed by atoms with Crippen LogP contribution in [0.15, 0.2) is 23.8 Å². The summed E-state index contributed by atoms with van der Waals surface area (Å²) in [4.78, 5) is 16.9. The van der Waals surface area contributed by atoms with Crippen molar-refractivity contribution >= 4 is 6.08 Å². The van der Waals surface area contributed by atoms with Crippen molar-refractivity contribution in [1.29, 1.82) is 0 Å². The Hall–Kier alpha value is -1.38. The van der Waals surface area contributed by atoms with Gasteiger partial charge in [0, 0.05) is 12.4 Å². The van der Waals surface area contributed by atoms with E-state index in [0.717, 1.165) is 0 Å². The van der Waals surface area contributed by atoms with Crippen LogP contribution >= 0.6 is 0 Å². The van der Waals surface area contributed by atoms with E-state index in [0.29, 0.717) is 5.69 Å². The summed E-state index contributed by atoms with van der Waals surface area (Å²) < 4.78 is 0. The van der Waals surface area contributed by atoms with Gasteiger partial charge < -0.3 is 4.98 Å². The number of nitrogens with one attached hydrogen (secondary N) is 1. The van der Waals surface area contributed by atoms with Crippen LogP contribution in [-0.4, -0.2) is 9.97 Å². The third-order valence-corrected chi connectivity index (χ3v) is 0.929. The minimum absolute atomic E-state index is 0.201. The first kappa shape index (κ1) is 9.62. The highest BCUT2D eigenvalue weighted by atomic mass is 16.1. The van der Waals surface area contributed by atoms with Gasteiger partial charge in [0.2, 0.25) is 0 Å². The van der Waals surface area contributed by atoms with E-state index in [9.17, 15) is 4.79 Å². The molecule has 1 N–H and O–H groups in total. The van der Waals surface area contributed by atoms with E-state index in [2.05, 4.69) is 16.5 Å². The third kappa shape index (κ3) is 2.80. The Morgan fingerprint density at radius 3 is 2.64 bits per heavy atom. The zero-order chi connectivity index (χ0) is 8.69. The maximum atomic E-state index is 10.7. The molecule has 1 rings (SSSR count). The van der Waals surface area contributed by atoms with Crippen LogP contribution in [0, 0.1) is 0 Å². The lowest BCUT2D eigenvalue weighted by Crippen LogP contribution is -2.09. The summed E-state index contributed by atoms with van der Waals surface area (Å²) >= 11 is 0. The lowest BCUT2D eigenvalue weighted by molar-refractivity contribution is 1.12. The van der Waals surface area contributed by atoms with Crippen LogP contribution in [0.1, 0.15) is 19.5 Å². The fourth-order valence-corrected chi connectivity index (χ4v) is 0.508. The molecule has 1 heterocycles. The molecule has 0 unspecified atom stereocenters. The van der Waals surface area contributed by atoms with Gasteiger partial charge in [-0.25, -0.2) is 4.98 Å². The highest BCUT2D eigenvalue weighted by Gasteiger charge is 1.88. The van der Waals surface area contributed by atoms with Gasteiger partial charge in [0.1, 0.15) is 5.69 Å². The summed E-state index contributed by atoms with van der Waals surface area (Å²) in [5, 5.41) is 0. The van der Waals surface area contributed by atoms with Crippen molar-refractivity contribution in [2.75, 3.05) is 0 Å². The molecule has 3 heteroatoms. The predicted molar refractivity (Wildman–Crippen MR) is 46.3 cm³/mol. The fourth-order valence-electron chi connectivity index (χ4n) is 0.508. The highest BCUT2D eigenvalue weighted by molar-refractivity contribution is 5.38. The molecule has 1 aromatic rings. The van der Waals surface area contributed by atoms with Crippen LogP contribution in [0.2, 0.25) is 0 Å². The lowest BCUT2D eigenvalue weighted by atomic mass is 10.4. The Kier molecular flexibility index (Phi) is 4.73. The molecule has 0 radical (unpaired) electrons. The molecular formula is C8H12N2O. The zero-order valence-electron chi connectivity index (χ0n) is 6.79. The average molecular weight is 152 g/mol. The van der Waals surface area contributed by atoms with Gasteiger partial charge in [-0.2, -0.15) is 0 Å². The second kappa shape index (κ2) is 5.41. The first-order chi connectivity index (χ1) is 5.34. The Morgan fingerprint density at radius 2 is 2.27 bits per heavy atom. The first-order valence-electron chi connectivity index (χ1n) is 3.50.